The number of hydrogen-bond acceptors (Lipinski definition) is 10. The van der Waals surface area contributed by atoms with Crippen molar-refractivity contribution >= 4 is 28.4 Å². The van der Waals surface area contributed by atoms with Crippen LogP contribution in [0.1, 0.15) is 18.5 Å². The molecule has 4 heterocycles. The molecule has 1 fully saturated rings. The molecule has 3 aromatic heterocycles. The van der Waals surface area contributed by atoms with E-state index in [1.165, 1.54) is 12.6 Å². The normalized spacial score (nSPS) is 13.9. The molecule has 0 bridgehead atoms. The fourth-order valence-corrected chi connectivity index (χ4v) is 5.20. The fourth-order valence-electron chi connectivity index (χ4n) is 5.20. The Morgan fingerprint density at radius 2 is 1.82 bits per heavy atom. The Morgan fingerprint density at radius 1 is 1.02 bits per heavy atom. The topological polar surface area (TPSA) is 153 Å². The average molecular weight is 610 g/mol. The minimum atomic E-state index is -0.726. The number of carbonyl (C=O) groups excluding carboxylic acids is 1. The van der Waals surface area contributed by atoms with E-state index in [0.29, 0.717) is 62.8 Å². The lowest BCUT2D eigenvalue weighted by Crippen LogP contribution is -2.50. The van der Waals surface area contributed by atoms with Gasteiger partial charge in [0.15, 0.2) is 17.4 Å². The highest BCUT2D eigenvalue weighted by molar-refractivity contribution is 5.87. The summed E-state index contributed by atoms with van der Waals surface area (Å²) in [5.41, 5.74) is 8.62. The largest absolute Gasteiger partial charge is 0.491 e. The molecule has 0 saturated carbocycles. The van der Waals surface area contributed by atoms with Crippen LogP contribution in [0.15, 0.2) is 89.9 Å². The van der Waals surface area contributed by atoms with Crippen LogP contribution in [0.25, 0.3) is 22.6 Å². The van der Waals surface area contributed by atoms with Crippen LogP contribution in [0.3, 0.4) is 0 Å². The third kappa shape index (κ3) is 6.88. The predicted molar refractivity (Wildman–Crippen MR) is 169 cm³/mol. The van der Waals surface area contributed by atoms with Crippen LogP contribution in [0.5, 0.6) is 5.75 Å². The molecule has 0 spiro atoms. The second kappa shape index (κ2) is 13.9. The lowest BCUT2D eigenvalue weighted by atomic mass is 10.1. The Hall–Kier alpha value is -5.43. The zero-order chi connectivity index (χ0) is 31.0. The molecule has 0 radical (unpaired) electrons. The zero-order valence-electron chi connectivity index (χ0n) is 25.0. The molecule has 13 heteroatoms. The van der Waals surface area contributed by atoms with E-state index in [9.17, 15) is 4.79 Å². The molecule has 6 rings (SSSR count). The summed E-state index contributed by atoms with van der Waals surface area (Å²) in [6.07, 6.45) is 4.63. The SMILES string of the molecule is CCOCCOc1ccc(N2CCN(C(=O)C(c3ccccc3)n3cc4c(N)nc(-c5ccco5)n[nH]cnc4n3)CC2)cc1. The highest BCUT2D eigenvalue weighted by Gasteiger charge is 2.31. The van der Waals surface area contributed by atoms with Gasteiger partial charge in [-0.1, -0.05) is 30.3 Å². The van der Waals surface area contributed by atoms with Gasteiger partial charge < -0.3 is 29.4 Å². The Bertz CT molecular complexity index is 1740. The summed E-state index contributed by atoms with van der Waals surface area (Å²) in [5, 5.41) is 12.1. The zero-order valence-corrected chi connectivity index (χ0v) is 25.0. The van der Waals surface area contributed by atoms with Crippen molar-refractivity contribution in [2.75, 3.05) is 56.6 Å². The highest BCUT2D eigenvalue weighted by atomic mass is 16.5. The first kappa shape index (κ1) is 29.6. The number of hydrogen-bond donors (Lipinski definition) is 2. The Morgan fingerprint density at radius 3 is 2.56 bits per heavy atom. The van der Waals surface area contributed by atoms with Crippen LogP contribution in [0, 0.1) is 0 Å². The number of ether oxygens (including phenoxy) is 2. The third-order valence-corrected chi connectivity index (χ3v) is 7.48. The van der Waals surface area contributed by atoms with Gasteiger partial charge in [-0.25, -0.2) is 9.97 Å². The molecule has 1 amide bonds. The molecule has 1 atom stereocenters. The van der Waals surface area contributed by atoms with Crippen LogP contribution in [-0.2, 0) is 9.53 Å². The number of nitrogen functional groups attached to an aromatic ring is 1. The van der Waals surface area contributed by atoms with Crippen molar-refractivity contribution in [1.29, 1.82) is 0 Å². The number of benzene rings is 2. The van der Waals surface area contributed by atoms with Crippen LogP contribution in [-0.4, -0.2) is 86.8 Å². The van der Waals surface area contributed by atoms with Gasteiger partial charge in [0.1, 0.15) is 24.5 Å². The molecule has 0 aliphatic carbocycles. The third-order valence-electron chi connectivity index (χ3n) is 7.48. The van der Waals surface area contributed by atoms with E-state index < -0.39 is 6.04 Å². The van der Waals surface area contributed by atoms with Crippen LogP contribution >= 0.6 is 0 Å². The van der Waals surface area contributed by atoms with E-state index in [4.69, 9.17) is 24.7 Å². The van der Waals surface area contributed by atoms with Crippen molar-refractivity contribution < 1.29 is 18.7 Å². The van der Waals surface area contributed by atoms with E-state index in [0.717, 1.165) is 17.0 Å². The highest BCUT2D eigenvalue weighted by Crippen LogP contribution is 2.27. The van der Waals surface area contributed by atoms with E-state index in [-0.39, 0.29) is 17.5 Å². The number of H-pyrrole nitrogens is 1. The number of fused-ring (bicyclic) bond motifs is 1. The minimum absolute atomic E-state index is 0.0676. The molecule has 1 aliphatic rings. The maximum atomic E-state index is 14.2. The monoisotopic (exact) mass is 609 g/mol. The number of carbonyl (C=O) groups is 1. The van der Waals surface area contributed by atoms with Gasteiger partial charge in [-0.2, -0.15) is 10.2 Å². The lowest BCUT2D eigenvalue weighted by molar-refractivity contribution is -0.134. The molecule has 5 aromatic rings. The van der Waals surface area contributed by atoms with Crippen molar-refractivity contribution in [2.45, 2.75) is 13.0 Å². The van der Waals surface area contributed by atoms with Crippen molar-refractivity contribution in [3.63, 3.8) is 0 Å². The molecule has 2 aromatic carbocycles. The molecule has 1 unspecified atom stereocenters. The molecule has 232 valence electrons. The Balaban J connectivity index is 1.23. The number of aromatic amines is 1. The molecule has 45 heavy (non-hydrogen) atoms. The second-order valence-electron chi connectivity index (χ2n) is 10.3. The maximum Gasteiger partial charge on any atom is 0.252 e. The number of nitrogens with one attached hydrogen (secondary N) is 1. The van der Waals surface area contributed by atoms with Gasteiger partial charge in [-0.05, 0) is 48.9 Å². The summed E-state index contributed by atoms with van der Waals surface area (Å²) in [6, 6.07) is 20.3. The fraction of sp³-hybridized carbons (Fsp3) is 0.281. The lowest BCUT2D eigenvalue weighted by Gasteiger charge is -2.37. The average Bonchev–Trinajstić information content (AvgIpc) is 3.77. The number of furan rings is 1. The maximum absolute atomic E-state index is 14.2. The summed E-state index contributed by atoms with van der Waals surface area (Å²) >= 11 is 0. The van der Waals surface area contributed by atoms with Gasteiger partial charge in [-0.3, -0.25) is 14.6 Å². The van der Waals surface area contributed by atoms with Gasteiger partial charge in [0, 0.05) is 44.7 Å². The van der Waals surface area contributed by atoms with Crippen molar-refractivity contribution in [1.82, 2.24) is 34.8 Å². The van der Waals surface area contributed by atoms with Gasteiger partial charge >= 0.3 is 0 Å². The number of piperazine rings is 1. The molecule has 1 saturated heterocycles. The first-order valence-electron chi connectivity index (χ1n) is 14.8. The molecular weight excluding hydrogens is 574 g/mol. The van der Waals surface area contributed by atoms with Gasteiger partial charge in [0.2, 0.25) is 5.82 Å². The predicted octanol–water partition coefficient (Wildman–Crippen LogP) is 3.87. The molecule has 3 N–H and O–H groups in total. The molecule has 13 nitrogen and oxygen atoms in total. The minimum Gasteiger partial charge on any atom is -0.491 e. The van der Waals surface area contributed by atoms with E-state index >= 15 is 0 Å². The quantitative estimate of drug-likeness (QED) is 0.223. The number of rotatable bonds is 10. The summed E-state index contributed by atoms with van der Waals surface area (Å²) in [5.74, 6) is 1.57. The second-order valence-corrected chi connectivity index (χ2v) is 10.3. The Labute approximate surface area is 259 Å². The van der Waals surface area contributed by atoms with Crippen LogP contribution in [0.2, 0.25) is 0 Å². The molecular formula is C32H35N9O4. The van der Waals surface area contributed by atoms with E-state index in [1.807, 2.05) is 66.4 Å². The summed E-state index contributed by atoms with van der Waals surface area (Å²) < 4.78 is 18.1. The number of nitrogens with two attached hydrogens (primary N) is 1. The first-order valence-corrected chi connectivity index (χ1v) is 14.8. The van der Waals surface area contributed by atoms with E-state index in [1.54, 1.807) is 23.0 Å². The Kier molecular flexibility index (Phi) is 9.16. The smallest absolute Gasteiger partial charge is 0.252 e. The van der Waals surface area contributed by atoms with Crippen LogP contribution in [0.4, 0.5) is 11.5 Å². The molecule has 1 aliphatic heterocycles. The van der Waals surface area contributed by atoms with Crippen molar-refractivity contribution in [3.05, 3.63) is 91.1 Å². The summed E-state index contributed by atoms with van der Waals surface area (Å²) in [6.45, 7) is 6.21. The van der Waals surface area contributed by atoms with Crippen molar-refractivity contribution in [2.24, 2.45) is 0 Å². The number of nitrogens with zero attached hydrogens (tertiary/aromatic N) is 7. The van der Waals surface area contributed by atoms with Crippen LogP contribution < -0.4 is 15.4 Å². The van der Waals surface area contributed by atoms with Gasteiger partial charge in [0.05, 0.1) is 18.3 Å². The van der Waals surface area contributed by atoms with Gasteiger partial charge in [-0.15, -0.1) is 0 Å². The number of amides is 1. The van der Waals surface area contributed by atoms with E-state index in [2.05, 4.69) is 25.1 Å². The standard InChI is InChI=1S/C32H35N9O4/c1-2-43-19-20-44-25-12-10-24(11-13-25)39-14-16-40(17-15-39)32(42)28(23-7-4-3-5-8-23)41-21-26-29(33)36-31(27-9-6-18-45-27)37-35-22-34-30(26)38-41/h3-13,18,21-22,28H,2,14-17,19-20H2,1H3,(H2,33,36,37)(H,34,35,38). The first-order chi connectivity index (χ1) is 22.1. The summed E-state index contributed by atoms with van der Waals surface area (Å²) in [4.78, 5) is 27.2. The van der Waals surface area contributed by atoms with Crippen molar-refractivity contribution in [3.8, 4) is 17.3 Å². The number of anilines is 2. The number of aromatic nitrogens is 6. The summed E-state index contributed by atoms with van der Waals surface area (Å²) in [7, 11) is 0. The van der Waals surface area contributed by atoms with Gasteiger partial charge in [0.25, 0.3) is 5.91 Å².